The summed E-state index contributed by atoms with van der Waals surface area (Å²) in [5, 5.41) is 0. The summed E-state index contributed by atoms with van der Waals surface area (Å²) in [5.74, 6) is -0.547. The van der Waals surface area contributed by atoms with Crippen LogP contribution in [-0.4, -0.2) is 5.91 Å². The molecule has 0 aromatic heterocycles. The topological polar surface area (TPSA) is 40.9 Å². The SMILES string of the molecule is CC(C)(C([NH])=O)c1ccccc1. The van der Waals surface area contributed by atoms with Gasteiger partial charge in [-0.3, -0.25) is 10.5 Å². The van der Waals surface area contributed by atoms with Crippen molar-refractivity contribution in [2.75, 3.05) is 0 Å². The zero-order valence-electron chi connectivity index (χ0n) is 7.29. The minimum atomic E-state index is -0.679. The van der Waals surface area contributed by atoms with Gasteiger partial charge in [-0.1, -0.05) is 30.3 Å². The predicted molar refractivity (Wildman–Crippen MR) is 47.6 cm³/mol. The van der Waals surface area contributed by atoms with Crippen LogP contribution < -0.4 is 5.73 Å². The Balaban J connectivity index is 3.06. The molecular weight excluding hydrogens is 150 g/mol. The van der Waals surface area contributed by atoms with E-state index >= 15 is 0 Å². The maximum Gasteiger partial charge on any atom is 0.248 e. The molecule has 1 aromatic rings. The molecule has 0 bridgehead atoms. The Labute approximate surface area is 72.4 Å². The van der Waals surface area contributed by atoms with Crippen LogP contribution >= 0.6 is 0 Å². The van der Waals surface area contributed by atoms with Crippen molar-refractivity contribution in [3.63, 3.8) is 0 Å². The molecule has 12 heavy (non-hydrogen) atoms. The smallest absolute Gasteiger partial charge is 0.248 e. The molecule has 0 heterocycles. The molecule has 1 N–H and O–H groups in total. The van der Waals surface area contributed by atoms with E-state index in [1.54, 1.807) is 13.8 Å². The fourth-order valence-electron chi connectivity index (χ4n) is 0.986. The van der Waals surface area contributed by atoms with Gasteiger partial charge >= 0.3 is 0 Å². The molecule has 1 radical (unpaired) electrons. The lowest BCUT2D eigenvalue weighted by Gasteiger charge is -2.19. The Kier molecular flexibility index (Phi) is 2.18. The largest absolute Gasteiger partial charge is 0.272 e. The molecule has 0 saturated carbocycles. The maximum absolute atomic E-state index is 10.9. The summed E-state index contributed by atoms with van der Waals surface area (Å²) >= 11 is 0. The Morgan fingerprint density at radius 2 is 1.75 bits per heavy atom. The molecular formula is C10H12NO. The standard InChI is InChI=1S/C10H12NO/c1-10(2,9(11)12)8-6-4-3-5-7-8/h3-7,11H,1-2H3. The number of carbonyl (C=O) groups is 1. The molecule has 0 spiro atoms. The first-order chi connectivity index (χ1) is 5.55. The highest BCUT2D eigenvalue weighted by molar-refractivity contribution is 5.84. The fourth-order valence-corrected chi connectivity index (χ4v) is 0.986. The minimum absolute atomic E-state index is 0.547. The summed E-state index contributed by atoms with van der Waals surface area (Å²) in [7, 11) is 0. The van der Waals surface area contributed by atoms with E-state index in [9.17, 15) is 4.79 Å². The number of nitrogens with one attached hydrogen (secondary N) is 1. The zero-order valence-corrected chi connectivity index (χ0v) is 7.29. The van der Waals surface area contributed by atoms with Crippen molar-refractivity contribution >= 4 is 5.91 Å². The Morgan fingerprint density at radius 1 is 1.25 bits per heavy atom. The van der Waals surface area contributed by atoms with Crippen LogP contribution in [0, 0.1) is 0 Å². The summed E-state index contributed by atoms with van der Waals surface area (Å²) in [6.45, 7) is 3.52. The summed E-state index contributed by atoms with van der Waals surface area (Å²) in [4.78, 5) is 10.9. The minimum Gasteiger partial charge on any atom is -0.272 e. The molecule has 0 aliphatic rings. The van der Waals surface area contributed by atoms with Gasteiger partial charge in [-0.2, -0.15) is 0 Å². The van der Waals surface area contributed by atoms with Crippen molar-refractivity contribution in [1.82, 2.24) is 5.73 Å². The second kappa shape index (κ2) is 2.97. The van der Waals surface area contributed by atoms with E-state index in [1.165, 1.54) is 0 Å². The highest BCUT2D eigenvalue weighted by Crippen LogP contribution is 2.22. The average molecular weight is 162 g/mol. The number of carbonyl (C=O) groups excluding carboxylic acids is 1. The lowest BCUT2D eigenvalue weighted by atomic mass is 9.84. The van der Waals surface area contributed by atoms with Gasteiger partial charge in [0.1, 0.15) is 0 Å². The molecule has 0 atom stereocenters. The van der Waals surface area contributed by atoms with Gasteiger partial charge in [0.15, 0.2) is 0 Å². The van der Waals surface area contributed by atoms with Crippen LogP contribution in [0.4, 0.5) is 0 Å². The fraction of sp³-hybridized carbons (Fsp3) is 0.300. The van der Waals surface area contributed by atoms with Crippen molar-refractivity contribution in [2.45, 2.75) is 19.3 Å². The molecule has 2 nitrogen and oxygen atoms in total. The first kappa shape index (κ1) is 8.78. The summed E-state index contributed by atoms with van der Waals surface area (Å²) in [5.41, 5.74) is 7.29. The van der Waals surface area contributed by atoms with Crippen molar-refractivity contribution in [1.29, 1.82) is 0 Å². The summed E-state index contributed by atoms with van der Waals surface area (Å²) < 4.78 is 0. The van der Waals surface area contributed by atoms with Gasteiger partial charge in [-0.05, 0) is 19.4 Å². The number of benzene rings is 1. The molecule has 63 valence electrons. The first-order valence-electron chi connectivity index (χ1n) is 3.86. The Bertz CT molecular complexity index is 277. The molecule has 0 fully saturated rings. The van der Waals surface area contributed by atoms with Crippen LogP contribution in [0.3, 0.4) is 0 Å². The lowest BCUT2D eigenvalue weighted by molar-refractivity contribution is -0.123. The molecule has 1 aromatic carbocycles. The third-order valence-corrected chi connectivity index (χ3v) is 2.06. The van der Waals surface area contributed by atoms with Crippen LogP contribution in [0.2, 0.25) is 0 Å². The monoisotopic (exact) mass is 162 g/mol. The van der Waals surface area contributed by atoms with E-state index in [4.69, 9.17) is 5.73 Å². The van der Waals surface area contributed by atoms with Crippen molar-refractivity contribution in [3.05, 3.63) is 35.9 Å². The first-order valence-corrected chi connectivity index (χ1v) is 3.86. The Hall–Kier alpha value is -1.31. The van der Waals surface area contributed by atoms with Gasteiger partial charge in [-0.15, -0.1) is 0 Å². The molecule has 0 aliphatic heterocycles. The molecule has 1 rings (SSSR count). The zero-order chi connectivity index (χ0) is 9.19. The van der Waals surface area contributed by atoms with E-state index < -0.39 is 11.3 Å². The molecule has 0 aliphatic carbocycles. The van der Waals surface area contributed by atoms with E-state index in [-0.39, 0.29) is 0 Å². The van der Waals surface area contributed by atoms with Gasteiger partial charge in [0.2, 0.25) is 5.91 Å². The van der Waals surface area contributed by atoms with Crippen LogP contribution in [0.5, 0.6) is 0 Å². The third kappa shape index (κ3) is 1.47. The van der Waals surface area contributed by atoms with E-state index in [2.05, 4.69) is 0 Å². The van der Waals surface area contributed by atoms with Gasteiger partial charge in [-0.25, -0.2) is 0 Å². The highest BCUT2D eigenvalue weighted by Gasteiger charge is 2.27. The number of hydrogen-bond donors (Lipinski definition) is 0. The number of rotatable bonds is 2. The highest BCUT2D eigenvalue weighted by atomic mass is 16.1. The second-order valence-corrected chi connectivity index (χ2v) is 3.32. The van der Waals surface area contributed by atoms with Crippen LogP contribution in [0.1, 0.15) is 19.4 Å². The van der Waals surface area contributed by atoms with Gasteiger partial charge in [0.05, 0.1) is 5.41 Å². The second-order valence-electron chi connectivity index (χ2n) is 3.32. The average Bonchev–Trinajstić information content (AvgIpc) is 2.06. The van der Waals surface area contributed by atoms with Crippen molar-refractivity contribution in [2.24, 2.45) is 0 Å². The van der Waals surface area contributed by atoms with Gasteiger partial charge in [0.25, 0.3) is 0 Å². The van der Waals surface area contributed by atoms with Gasteiger partial charge < -0.3 is 0 Å². The third-order valence-electron chi connectivity index (χ3n) is 2.06. The van der Waals surface area contributed by atoms with E-state index in [1.807, 2.05) is 30.3 Å². The van der Waals surface area contributed by atoms with E-state index in [0.29, 0.717) is 0 Å². The van der Waals surface area contributed by atoms with Crippen LogP contribution in [-0.2, 0) is 10.2 Å². The lowest BCUT2D eigenvalue weighted by Crippen LogP contribution is -2.29. The normalized spacial score (nSPS) is 11.2. The van der Waals surface area contributed by atoms with Crippen molar-refractivity contribution < 1.29 is 4.79 Å². The Morgan fingerprint density at radius 3 is 2.17 bits per heavy atom. The predicted octanol–water partition coefficient (Wildman–Crippen LogP) is 1.77. The molecule has 1 amide bonds. The quantitative estimate of drug-likeness (QED) is 0.653. The van der Waals surface area contributed by atoms with E-state index in [0.717, 1.165) is 5.56 Å². The molecule has 0 saturated heterocycles. The van der Waals surface area contributed by atoms with Crippen LogP contribution in [0.15, 0.2) is 30.3 Å². The maximum atomic E-state index is 10.9. The number of hydrogen-bond acceptors (Lipinski definition) is 1. The van der Waals surface area contributed by atoms with Gasteiger partial charge in [0, 0.05) is 0 Å². The van der Waals surface area contributed by atoms with Crippen LogP contribution in [0.25, 0.3) is 0 Å². The van der Waals surface area contributed by atoms with Crippen molar-refractivity contribution in [3.8, 4) is 0 Å². The molecule has 2 heteroatoms. The summed E-state index contributed by atoms with van der Waals surface area (Å²) in [6.07, 6.45) is 0. The molecule has 0 unspecified atom stereocenters. The number of amides is 1. The summed E-state index contributed by atoms with van der Waals surface area (Å²) in [6, 6.07) is 9.38.